The van der Waals surface area contributed by atoms with E-state index in [4.69, 9.17) is 16.1 Å². The zero-order valence-electron chi connectivity index (χ0n) is 11.0. The minimum atomic E-state index is -0.499. The van der Waals surface area contributed by atoms with E-state index >= 15 is 0 Å². The zero-order chi connectivity index (χ0) is 14.7. The zero-order valence-corrected chi connectivity index (χ0v) is 11.8. The van der Waals surface area contributed by atoms with Gasteiger partial charge in [-0.2, -0.15) is 4.98 Å². The molecule has 0 saturated heterocycles. The highest BCUT2D eigenvalue weighted by Crippen LogP contribution is 2.30. The number of aromatic nitrogens is 2. The number of rotatable bonds is 5. The fraction of sp³-hybridized carbons (Fsp3) is 0.333. The third-order valence-corrected chi connectivity index (χ3v) is 3.03. The summed E-state index contributed by atoms with van der Waals surface area (Å²) in [7, 11) is 0. The molecule has 106 valence electrons. The molecule has 0 aliphatic rings. The third kappa shape index (κ3) is 3.24. The number of nitro groups is 1. The second-order valence-corrected chi connectivity index (χ2v) is 4.69. The van der Waals surface area contributed by atoms with Crippen molar-refractivity contribution in [2.24, 2.45) is 0 Å². The Hall–Kier alpha value is -2.15. The predicted molar refractivity (Wildman–Crippen MR) is 74.1 cm³/mol. The highest BCUT2D eigenvalue weighted by atomic mass is 35.5. The van der Waals surface area contributed by atoms with Crippen LogP contribution in [-0.2, 0) is 6.42 Å². The van der Waals surface area contributed by atoms with E-state index in [1.54, 1.807) is 19.9 Å². The second kappa shape index (κ2) is 5.87. The quantitative estimate of drug-likeness (QED) is 0.673. The number of nitrogens with zero attached hydrogens (tertiary/aromatic N) is 3. The van der Waals surface area contributed by atoms with E-state index in [0.717, 1.165) is 11.3 Å². The van der Waals surface area contributed by atoms with Crippen LogP contribution in [0.15, 0.2) is 16.7 Å². The van der Waals surface area contributed by atoms with E-state index in [9.17, 15) is 10.1 Å². The molecule has 8 heteroatoms. The van der Waals surface area contributed by atoms with Crippen LogP contribution in [0, 0.1) is 24.0 Å². The topological polar surface area (TPSA) is 94.1 Å². The van der Waals surface area contributed by atoms with Crippen molar-refractivity contribution in [3.05, 3.63) is 44.5 Å². The van der Waals surface area contributed by atoms with E-state index in [0.29, 0.717) is 24.7 Å². The van der Waals surface area contributed by atoms with Gasteiger partial charge in [0, 0.05) is 31.6 Å². The van der Waals surface area contributed by atoms with Crippen LogP contribution in [0.1, 0.15) is 17.3 Å². The largest absolute Gasteiger partial charge is 0.384 e. The van der Waals surface area contributed by atoms with Crippen molar-refractivity contribution in [2.45, 2.75) is 20.3 Å². The Kier molecular flexibility index (Phi) is 4.19. The lowest BCUT2D eigenvalue weighted by molar-refractivity contribution is -0.384. The Balaban J connectivity index is 2.03. The molecule has 0 aliphatic heterocycles. The molecule has 1 heterocycles. The number of hydrogen-bond acceptors (Lipinski definition) is 6. The molecule has 0 unspecified atom stereocenters. The highest BCUT2D eigenvalue weighted by Gasteiger charge is 2.14. The minimum Gasteiger partial charge on any atom is -0.384 e. The van der Waals surface area contributed by atoms with Gasteiger partial charge < -0.3 is 9.84 Å². The maximum Gasteiger partial charge on any atom is 0.288 e. The molecule has 0 aliphatic carbocycles. The van der Waals surface area contributed by atoms with E-state index < -0.39 is 4.92 Å². The van der Waals surface area contributed by atoms with Gasteiger partial charge in [0.15, 0.2) is 5.82 Å². The number of nitro benzene ring substituents is 1. The molecule has 1 aromatic carbocycles. The predicted octanol–water partition coefficient (Wildman–Crippen LogP) is 2.90. The number of halogens is 1. The summed E-state index contributed by atoms with van der Waals surface area (Å²) < 4.78 is 4.87. The van der Waals surface area contributed by atoms with Gasteiger partial charge in [0.1, 0.15) is 5.02 Å². The molecule has 0 radical (unpaired) electrons. The highest BCUT2D eigenvalue weighted by molar-refractivity contribution is 6.33. The van der Waals surface area contributed by atoms with Crippen molar-refractivity contribution in [3.8, 4) is 0 Å². The third-order valence-electron chi connectivity index (χ3n) is 2.72. The monoisotopic (exact) mass is 296 g/mol. The molecule has 1 N–H and O–H groups in total. The molecule has 0 saturated carbocycles. The van der Waals surface area contributed by atoms with Crippen LogP contribution in [0.5, 0.6) is 0 Å². The fourth-order valence-electron chi connectivity index (χ4n) is 1.75. The molecule has 0 bridgehead atoms. The van der Waals surface area contributed by atoms with Crippen molar-refractivity contribution < 1.29 is 9.45 Å². The summed E-state index contributed by atoms with van der Waals surface area (Å²) >= 11 is 5.87. The number of aryl methyl sites for hydroxylation is 2. The van der Waals surface area contributed by atoms with Gasteiger partial charge in [0.05, 0.1) is 4.92 Å². The lowest BCUT2D eigenvalue weighted by atomic mass is 10.1. The summed E-state index contributed by atoms with van der Waals surface area (Å²) in [6.45, 7) is 4.09. The van der Waals surface area contributed by atoms with Gasteiger partial charge in [-0.3, -0.25) is 10.1 Å². The standard InChI is InChI=1S/C12H13ClN4O3/c1-7-5-11(17(18)19)9(13)6-10(7)14-4-3-12-15-8(2)20-16-12/h5-6,14H,3-4H2,1-2H3. The maximum atomic E-state index is 10.8. The molecular weight excluding hydrogens is 284 g/mol. The molecule has 0 atom stereocenters. The van der Waals surface area contributed by atoms with Crippen molar-refractivity contribution >= 4 is 23.0 Å². The van der Waals surface area contributed by atoms with Crippen LogP contribution < -0.4 is 5.32 Å². The van der Waals surface area contributed by atoms with Gasteiger partial charge in [0.25, 0.3) is 5.69 Å². The average molecular weight is 297 g/mol. The Morgan fingerprint density at radius 1 is 1.45 bits per heavy atom. The van der Waals surface area contributed by atoms with Crippen molar-refractivity contribution in [1.82, 2.24) is 10.1 Å². The molecular formula is C12H13ClN4O3. The molecule has 7 nitrogen and oxygen atoms in total. The first kappa shape index (κ1) is 14.3. The smallest absolute Gasteiger partial charge is 0.288 e. The van der Waals surface area contributed by atoms with Crippen LogP contribution >= 0.6 is 11.6 Å². The molecule has 0 spiro atoms. The average Bonchev–Trinajstić information content (AvgIpc) is 2.78. The minimum absolute atomic E-state index is 0.0940. The molecule has 0 amide bonds. The molecule has 20 heavy (non-hydrogen) atoms. The lowest BCUT2D eigenvalue weighted by Gasteiger charge is -2.09. The second-order valence-electron chi connectivity index (χ2n) is 4.28. The Morgan fingerprint density at radius 2 is 2.20 bits per heavy atom. The first-order valence-electron chi connectivity index (χ1n) is 5.95. The summed E-state index contributed by atoms with van der Waals surface area (Å²) in [4.78, 5) is 14.3. The van der Waals surface area contributed by atoms with Gasteiger partial charge in [-0.15, -0.1) is 0 Å². The lowest BCUT2D eigenvalue weighted by Crippen LogP contribution is -2.07. The summed E-state index contributed by atoms with van der Waals surface area (Å²) in [6.07, 6.45) is 0.589. The fourth-order valence-corrected chi connectivity index (χ4v) is 1.98. The van der Waals surface area contributed by atoms with E-state index in [-0.39, 0.29) is 10.7 Å². The van der Waals surface area contributed by atoms with Crippen molar-refractivity contribution in [1.29, 1.82) is 0 Å². The Bertz CT molecular complexity index is 642. The van der Waals surface area contributed by atoms with Gasteiger partial charge in [-0.1, -0.05) is 16.8 Å². The molecule has 0 fully saturated rings. The molecule has 1 aromatic heterocycles. The van der Waals surface area contributed by atoms with Crippen LogP contribution in [0.2, 0.25) is 5.02 Å². The van der Waals surface area contributed by atoms with E-state index in [2.05, 4.69) is 15.5 Å². The normalized spacial score (nSPS) is 10.6. The number of anilines is 1. The van der Waals surface area contributed by atoms with Crippen LogP contribution in [0.25, 0.3) is 0 Å². The summed E-state index contributed by atoms with van der Waals surface area (Å²) in [5.74, 6) is 1.13. The van der Waals surface area contributed by atoms with Gasteiger partial charge in [-0.25, -0.2) is 0 Å². The van der Waals surface area contributed by atoms with Gasteiger partial charge >= 0.3 is 0 Å². The maximum absolute atomic E-state index is 10.8. The van der Waals surface area contributed by atoms with Gasteiger partial charge in [0.2, 0.25) is 5.89 Å². The first-order valence-corrected chi connectivity index (χ1v) is 6.33. The summed E-state index contributed by atoms with van der Waals surface area (Å²) in [5.41, 5.74) is 1.41. The molecule has 2 aromatic rings. The first-order chi connectivity index (χ1) is 9.47. The van der Waals surface area contributed by atoms with Crippen molar-refractivity contribution in [3.63, 3.8) is 0 Å². The van der Waals surface area contributed by atoms with Crippen LogP contribution in [0.4, 0.5) is 11.4 Å². The van der Waals surface area contributed by atoms with Gasteiger partial charge in [-0.05, 0) is 18.6 Å². The summed E-state index contributed by atoms with van der Waals surface area (Å²) in [5, 5.41) is 17.8. The van der Waals surface area contributed by atoms with Crippen molar-refractivity contribution in [2.75, 3.05) is 11.9 Å². The molecule has 2 rings (SSSR count). The number of nitrogens with one attached hydrogen (secondary N) is 1. The summed E-state index contributed by atoms with van der Waals surface area (Å²) in [6, 6.07) is 3.00. The Morgan fingerprint density at radius 3 is 2.80 bits per heavy atom. The van der Waals surface area contributed by atoms with Crippen LogP contribution in [0.3, 0.4) is 0 Å². The number of hydrogen-bond donors (Lipinski definition) is 1. The van der Waals surface area contributed by atoms with Crippen LogP contribution in [-0.4, -0.2) is 21.6 Å². The SMILES string of the molecule is Cc1nc(CCNc2cc(Cl)c([N+](=O)[O-])cc2C)no1. The van der Waals surface area contributed by atoms with E-state index in [1.807, 2.05) is 0 Å². The number of benzene rings is 1. The van der Waals surface area contributed by atoms with E-state index in [1.165, 1.54) is 6.07 Å². The Labute approximate surface area is 120 Å².